The summed E-state index contributed by atoms with van der Waals surface area (Å²) in [7, 11) is 0. The number of aromatic amines is 1. The number of hydrogen-bond donors (Lipinski definition) is 6. The number of nitrogens with zero attached hydrogens (tertiary/aromatic N) is 1. The van der Waals surface area contributed by atoms with Crippen LogP contribution < -0.4 is 16.0 Å². The Hall–Kier alpha value is -3.93. The molecule has 0 aliphatic carbocycles. The summed E-state index contributed by atoms with van der Waals surface area (Å²) in [6.07, 6.45) is 3.77. The van der Waals surface area contributed by atoms with Crippen LogP contribution in [0.1, 0.15) is 44.1 Å². The molecule has 12 heteroatoms. The summed E-state index contributed by atoms with van der Waals surface area (Å²) in [5.74, 6) is -3.90. The van der Waals surface area contributed by atoms with Gasteiger partial charge in [0.2, 0.25) is 17.7 Å². The van der Waals surface area contributed by atoms with Crippen LogP contribution in [-0.2, 0) is 30.4 Å². The second-order valence-corrected chi connectivity index (χ2v) is 9.80. The highest BCUT2D eigenvalue weighted by molar-refractivity contribution is 5.95. The summed E-state index contributed by atoms with van der Waals surface area (Å²) in [6, 6.07) is 3.83. The van der Waals surface area contributed by atoms with Crippen LogP contribution in [0.3, 0.4) is 0 Å². The van der Waals surface area contributed by atoms with Crippen molar-refractivity contribution in [3.8, 4) is 0 Å². The van der Waals surface area contributed by atoms with Crippen molar-refractivity contribution in [1.82, 2.24) is 25.8 Å². The maximum atomic E-state index is 13.4. The van der Waals surface area contributed by atoms with Gasteiger partial charge in [0.1, 0.15) is 18.1 Å². The number of carbonyl (C=O) groups excluding carboxylic acids is 3. The van der Waals surface area contributed by atoms with Gasteiger partial charge in [-0.3, -0.25) is 19.2 Å². The quantitative estimate of drug-likeness (QED) is 0.242. The van der Waals surface area contributed by atoms with E-state index >= 15 is 0 Å². The van der Waals surface area contributed by atoms with Crippen LogP contribution in [0.2, 0.25) is 0 Å². The van der Waals surface area contributed by atoms with Crippen LogP contribution in [0.5, 0.6) is 0 Å². The predicted molar refractivity (Wildman–Crippen MR) is 136 cm³/mol. The maximum Gasteiger partial charge on any atom is 0.326 e. The fourth-order valence-electron chi connectivity index (χ4n) is 5.19. The van der Waals surface area contributed by atoms with E-state index in [4.69, 9.17) is 5.11 Å². The zero-order chi connectivity index (χ0) is 27.2. The van der Waals surface area contributed by atoms with Gasteiger partial charge in [0.05, 0.1) is 6.04 Å². The first-order valence-electron chi connectivity index (χ1n) is 12.9. The molecule has 2 aliphatic heterocycles. The first-order valence-corrected chi connectivity index (χ1v) is 12.9. The van der Waals surface area contributed by atoms with E-state index in [2.05, 4.69) is 20.9 Å². The molecular formula is C26H33N5O7. The minimum absolute atomic E-state index is 0.0672. The van der Waals surface area contributed by atoms with Gasteiger partial charge in [-0.2, -0.15) is 0 Å². The molecule has 2 saturated heterocycles. The number of H-pyrrole nitrogens is 1. The van der Waals surface area contributed by atoms with Gasteiger partial charge in [0.15, 0.2) is 0 Å². The lowest BCUT2D eigenvalue weighted by atomic mass is 10.0. The summed E-state index contributed by atoms with van der Waals surface area (Å²) >= 11 is 0. The SMILES string of the molecule is O=C(O)CCC(NC(=O)C(Cc1c[nH]c2ccccc12)NC(=O)C1CCCN1C(=O)C1CCCN1)C(=O)O. The lowest BCUT2D eigenvalue weighted by molar-refractivity contribution is -0.144. The molecule has 0 bridgehead atoms. The summed E-state index contributed by atoms with van der Waals surface area (Å²) < 4.78 is 0. The van der Waals surface area contributed by atoms with Crippen LogP contribution in [0.15, 0.2) is 30.5 Å². The van der Waals surface area contributed by atoms with Gasteiger partial charge < -0.3 is 36.0 Å². The number of carboxylic acids is 2. The van der Waals surface area contributed by atoms with Crippen molar-refractivity contribution >= 4 is 40.6 Å². The molecule has 0 radical (unpaired) electrons. The van der Waals surface area contributed by atoms with Crippen LogP contribution >= 0.6 is 0 Å². The molecule has 4 atom stereocenters. The van der Waals surface area contributed by atoms with E-state index in [1.54, 1.807) is 11.1 Å². The van der Waals surface area contributed by atoms with E-state index in [0.717, 1.165) is 29.4 Å². The topological polar surface area (TPSA) is 181 Å². The van der Waals surface area contributed by atoms with E-state index in [-0.39, 0.29) is 24.8 Å². The number of aliphatic carboxylic acids is 2. The van der Waals surface area contributed by atoms with Gasteiger partial charge in [0.25, 0.3) is 0 Å². The third kappa shape index (κ3) is 6.31. The van der Waals surface area contributed by atoms with E-state index in [9.17, 15) is 29.1 Å². The van der Waals surface area contributed by atoms with E-state index in [1.807, 2.05) is 24.3 Å². The molecular weight excluding hydrogens is 494 g/mol. The molecule has 6 N–H and O–H groups in total. The number of aromatic nitrogens is 1. The maximum absolute atomic E-state index is 13.4. The van der Waals surface area contributed by atoms with Crippen LogP contribution in [-0.4, -0.2) is 87.0 Å². The Kier molecular flexibility index (Phi) is 8.62. The zero-order valence-corrected chi connectivity index (χ0v) is 20.9. The first kappa shape index (κ1) is 27.1. The summed E-state index contributed by atoms with van der Waals surface area (Å²) in [4.78, 5) is 67.1. The minimum atomic E-state index is -1.43. The van der Waals surface area contributed by atoms with Gasteiger partial charge in [-0.1, -0.05) is 18.2 Å². The molecule has 2 fully saturated rings. The normalized spacial score (nSPS) is 20.7. The summed E-state index contributed by atoms with van der Waals surface area (Å²) in [5, 5.41) is 27.6. The molecule has 1 aromatic heterocycles. The molecule has 204 valence electrons. The smallest absolute Gasteiger partial charge is 0.326 e. The molecule has 0 saturated carbocycles. The Balaban J connectivity index is 1.53. The molecule has 38 heavy (non-hydrogen) atoms. The average Bonchev–Trinajstić information content (AvgIpc) is 3.66. The lowest BCUT2D eigenvalue weighted by Crippen LogP contribution is -2.57. The molecule has 3 amide bonds. The molecule has 4 unspecified atom stereocenters. The second kappa shape index (κ2) is 12.1. The minimum Gasteiger partial charge on any atom is -0.481 e. The molecule has 1 aromatic carbocycles. The Morgan fingerprint density at radius 2 is 1.82 bits per heavy atom. The van der Waals surface area contributed by atoms with Crippen LogP contribution in [0.25, 0.3) is 10.9 Å². The van der Waals surface area contributed by atoms with E-state index in [0.29, 0.717) is 25.8 Å². The van der Waals surface area contributed by atoms with Gasteiger partial charge in [-0.05, 0) is 50.3 Å². The Morgan fingerprint density at radius 1 is 1.03 bits per heavy atom. The Morgan fingerprint density at radius 3 is 2.53 bits per heavy atom. The number of para-hydroxylation sites is 1. The fraction of sp³-hybridized carbons (Fsp3) is 0.500. The molecule has 2 aliphatic rings. The van der Waals surface area contributed by atoms with Crippen LogP contribution in [0, 0.1) is 0 Å². The average molecular weight is 528 g/mol. The summed E-state index contributed by atoms with van der Waals surface area (Å²) in [5.41, 5.74) is 1.59. The molecule has 3 heterocycles. The van der Waals surface area contributed by atoms with Gasteiger partial charge in [-0.15, -0.1) is 0 Å². The fourth-order valence-corrected chi connectivity index (χ4v) is 5.19. The Bertz CT molecular complexity index is 1210. The van der Waals surface area contributed by atoms with Gasteiger partial charge in [0, 0.05) is 36.5 Å². The zero-order valence-electron chi connectivity index (χ0n) is 20.9. The van der Waals surface area contributed by atoms with E-state index in [1.165, 1.54) is 0 Å². The molecule has 12 nitrogen and oxygen atoms in total. The first-order chi connectivity index (χ1) is 18.2. The van der Waals surface area contributed by atoms with E-state index < -0.39 is 48.3 Å². The predicted octanol–water partition coefficient (Wildman–Crippen LogP) is 0.372. The number of amides is 3. The van der Waals surface area contributed by atoms with Crippen molar-refractivity contribution in [2.45, 2.75) is 69.1 Å². The van der Waals surface area contributed by atoms with Crippen molar-refractivity contribution in [1.29, 1.82) is 0 Å². The molecule has 2 aromatic rings. The van der Waals surface area contributed by atoms with Gasteiger partial charge in [-0.25, -0.2) is 4.79 Å². The highest BCUT2D eigenvalue weighted by atomic mass is 16.4. The highest BCUT2D eigenvalue weighted by Gasteiger charge is 2.39. The third-order valence-corrected chi connectivity index (χ3v) is 7.19. The number of carbonyl (C=O) groups is 5. The largest absolute Gasteiger partial charge is 0.481 e. The van der Waals surface area contributed by atoms with Crippen molar-refractivity contribution in [3.63, 3.8) is 0 Å². The third-order valence-electron chi connectivity index (χ3n) is 7.19. The summed E-state index contributed by atoms with van der Waals surface area (Å²) in [6.45, 7) is 1.20. The number of hydrogen-bond acceptors (Lipinski definition) is 6. The van der Waals surface area contributed by atoms with Gasteiger partial charge >= 0.3 is 11.9 Å². The number of likely N-dealkylation sites (tertiary alicyclic amines) is 1. The number of carboxylic acid groups (broad SMARTS) is 2. The molecule has 4 rings (SSSR count). The number of nitrogens with one attached hydrogen (secondary N) is 4. The van der Waals surface area contributed by atoms with Crippen molar-refractivity contribution in [3.05, 3.63) is 36.0 Å². The highest BCUT2D eigenvalue weighted by Crippen LogP contribution is 2.22. The number of rotatable bonds is 11. The molecule has 0 spiro atoms. The second-order valence-electron chi connectivity index (χ2n) is 9.80. The van der Waals surface area contributed by atoms with Crippen molar-refractivity contribution in [2.75, 3.05) is 13.1 Å². The number of fused-ring (bicyclic) bond motifs is 1. The lowest BCUT2D eigenvalue weighted by Gasteiger charge is -2.28. The standard InChI is InChI=1S/C26H33N5O7/c32-22(33)10-9-19(26(37)38)29-23(34)20(13-15-14-28-17-6-2-1-5-16(15)17)30-24(35)21-8-4-12-31(21)25(36)18-7-3-11-27-18/h1-2,5-6,14,18-21,27-28H,3-4,7-13H2,(H,29,34)(H,30,35)(H,32,33)(H,37,38). The Labute approximate surface area is 219 Å². The monoisotopic (exact) mass is 527 g/mol. The van der Waals surface area contributed by atoms with Crippen molar-refractivity contribution in [2.24, 2.45) is 0 Å². The van der Waals surface area contributed by atoms with Crippen molar-refractivity contribution < 1.29 is 34.2 Å². The van der Waals surface area contributed by atoms with Crippen LogP contribution in [0.4, 0.5) is 0 Å². The number of benzene rings is 1.